The van der Waals surface area contributed by atoms with Crippen LogP contribution in [0.5, 0.6) is 0 Å². The van der Waals surface area contributed by atoms with Crippen molar-refractivity contribution < 1.29 is 17.9 Å². The maximum absolute atomic E-state index is 12.4. The molecule has 0 bridgehead atoms. The average Bonchev–Trinajstić information content (AvgIpc) is 3.03. The van der Waals surface area contributed by atoms with Crippen LogP contribution in [-0.4, -0.2) is 37.4 Å². The summed E-state index contributed by atoms with van der Waals surface area (Å²) in [6.45, 7) is 5.54. The number of rotatable bonds is 4. The fraction of sp³-hybridized carbons (Fsp3) is 0.462. The first kappa shape index (κ1) is 14.0. The summed E-state index contributed by atoms with van der Waals surface area (Å²) < 4.78 is 30.8. The summed E-state index contributed by atoms with van der Waals surface area (Å²) in [5.41, 5.74) is 0.986. The minimum absolute atomic E-state index is 0.205. The van der Waals surface area contributed by atoms with Crippen LogP contribution >= 0.6 is 0 Å². The van der Waals surface area contributed by atoms with Crippen LogP contribution in [0, 0.1) is 6.92 Å². The average molecular weight is 283 g/mol. The molecule has 3 atom stereocenters. The van der Waals surface area contributed by atoms with Crippen LogP contribution in [0.15, 0.2) is 29.2 Å². The van der Waals surface area contributed by atoms with Crippen molar-refractivity contribution in [1.29, 1.82) is 0 Å². The number of carbonyl (C=O) groups excluding carboxylic acids is 1. The summed E-state index contributed by atoms with van der Waals surface area (Å²) >= 11 is 0. The van der Waals surface area contributed by atoms with Crippen molar-refractivity contribution in [1.82, 2.24) is 4.31 Å². The summed E-state index contributed by atoms with van der Waals surface area (Å²) in [4.78, 5) is 11.8. The highest BCUT2D eigenvalue weighted by molar-refractivity contribution is 7.89. The van der Waals surface area contributed by atoms with Crippen LogP contribution in [0.1, 0.15) is 19.4 Å². The van der Waals surface area contributed by atoms with Gasteiger partial charge in [-0.3, -0.25) is 4.79 Å². The Morgan fingerprint density at radius 2 is 1.89 bits per heavy atom. The molecule has 0 radical (unpaired) electrons. The molecule has 1 aliphatic rings. The summed E-state index contributed by atoms with van der Waals surface area (Å²) in [5.74, 6) is -0.481. The second-order valence-corrected chi connectivity index (χ2v) is 6.43. The Morgan fingerprint density at radius 3 is 2.42 bits per heavy atom. The Bertz CT molecular complexity index is 579. The monoisotopic (exact) mass is 283 g/mol. The smallest absolute Gasteiger partial charge is 0.326 e. The highest BCUT2D eigenvalue weighted by Crippen LogP contribution is 2.36. The lowest BCUT2D eigenvalue weighted by Gasteiger charge is -2.06. The van der Waals surface area contributed by atoms with E-state index >= 15 is 0 Å². The zero-order valence-corrected chi connectivity index (χ0v) is 12.0. The maximum atomic E-state index is 12.4. The van der Waals surface area contributed by atoms with Crippen molar-refractivity contribution in [2.24, 2.45) is 0 Å². The van der Waals surface area contributed by atoms with E-state index in [1.165, 1.54) is 4.31 Å². The summed E-state index contributed by atoms with van der Waals surface area (Å²) in [6, 6.07) is 5.55. The van der Waals surface area contributed by atoms with Crippen LogP contribution in [0.25, 0.3) is 0 Å². The molecule has 0 spiro atoms. The third kappa shape index (κ3) is 2.50. The fourth-order valence-corrected chi connectivity index (χ4v) is 3.83. The van der Waals surface area contributed by atoms with Crippen molar-refractivity contribution in [3.05, 3.63) is 29.8 Å². The molecule has 6 heteroatoms. The van der Waals surface area contributed by atoms with Gasteiger partial charge in [0.15, 0.2) is 0 Å². The van der Waals surface area contributed by atoms with Crippen molar-refractivity contribution in [3.63, 3.8) is 0 Å². The molecule has 1 aromatic carbocycles. The van der Waals surface area contributed by atoms with Crippen molar-refractivity contribution >= 4 is 16.0 Å². The Kier molecular flexibility index (Phi) is 3.64. The van der Waals surface area contributed by atoms with Gasteiger partial charge in [0.1, 0.15) is 6.04 Å². The number of esters is 1. The Balaban J connectivity index is 2.23. The summed E-state index contributed by atoms with van der Waals surface area (Å²) in [6.07, 6.45) is 0. The van der Waals surface area contributed by atoms with Gasteiger partial charge in [0.2, 0.25) is 10.0 Å². The normalized spacial score (nSPS) is 25.9. The predicted molar refractivity (Wildman–Crippen MR) is 70.1 cm³/mol. The number of hydrogen-bond donors (Lipinski definition) is 0. The number of ether oxygens (including phenoxy) is 1. The fourth-order valence-electron chi connectivity index (χ4n) is 2.05. The number of nitrogens with zero attached hydrogens (tertiary/aromatic N) is 1. The lowest BCUT2D eigenvalue weighted by molar-refractivity contribution is -0.143. The number of hydrogen-bond acceptors (Lipinski definition) is 4. The number of sulfonamides is 1. The van der Waals surface area contributed by atoms with E-state index in [0.29, 0.717) is 0 Å². The second kappa shape index (κ2) is 4.94. The van der Waals surface area contributed by atoms with Crippen LogP contribution in [0.2, 0.25) is 0 Å². The molecule has 19 heavy (non-hydrogen) atoms. The van der Waals surface area contributed by atoms with Crippen molar-refractivity contribution in [2.45, 2.75) is 37.8 Å². The van der Waals surface area contributed by atoms with E-state index in [-0.39, 0.29) is 17.5 Å². The highest BCUT2D eigenvalue weighted by atomic mass is 32.2. The van der Waals surface area contributed by atoms with E-state index in [9.17, 15) is 13.2 Å². The molecule has 0 aromatic heterocycles. The van der Waals surface area contributed by atoms with Gasteiger partial charge in [0, 0.05) is 0 Å². The van der Waals surface area contributed by atoms with Crippen LogP contribution in [-0.2, 0) is 19.6 Å². The van der Waals surface area contributed by atoms with Gasteiger partial charge in [-0.1, -0.05) is 17.7 Å². The molecule has 0 aliphatic carbocycles. The Morgan fingerprint density at radius 1 is 1.32 bits per heavy atom. The molecule has 5 nitrogen and oxygen atoms in total. The first-order valence-electron chi connectivity index (χ1n) is 6.16. The SMILES string of the molecule is CCOC(=O)[C@@H]1[C@H](C)N1S(=O)(=O)c1ccc(C)cc1. The van der Waals surface area contributed by atoms with Crippen LogP contribution in [0.4, 0.5) is 0 Å². The summed E-state index contributed by atoms with van der Waals surface area (Å²) in [7, 11) is -3.61. The third-order valence-corrected chi connectivity index (χ3v) is 5.15. The minimum Gasteiger partial charge on any atom is -0.465 e. The largest absolute Gasteiger partial charge is 0.465 e. The van der Waals surface area contributed by atoms with Gasteiger partial charge < -0.3 is 4.74 Å². The Hall–Kier alpha value is -1.40. The molecule has 2 rings (SSSR count). The predicted octanol–water partition coefficient (Wildman–Crippen LogP) is 1.32. The molecule has 1 unspecified atom stereocenters. The summed E-state index contributed by atoms with van der Waals surface area (Å²) in [5, 5.41) is 0. The first-order valence-corrected chi connectivity index (χ1v) is 7.60. The lowest BCUT2D eigenvalue weighted by Crippen LogP contribution is -2.21. The van der Waals surface area contributed by atoms with E-state index in [2.05, 4.69) is 0 Å². The number of carbonyl (C=O) groups is 1. The van der Waals surface area contributed by atoms with E-state index in [1.54, 1.807) is 38.1 Å². The molecule has 104 valence electrons. The zero-order chi connectivity index (χ0) is 14.2. The first-order chi connectivity index (χ1) is 8.89. The topological polar surface area (TPSA) is 63.5 Å². The van der Waals surface area contributed by atoms with Crippen LogP contribution < -0.4 is 0 Å². The number of benzene rings is 1. The van der Waals surface area contributed by atoms with E-state index in [0.717, 1.165) is 5.56 Å². The molecule has 0 N–H and O–H groups in total. The van der Waals surface area contributed by atoms with Crippen molar-refractivity contribution in [3.8, 4) is 0 Å². The van der Waals surface area contributed by atoms with Gasteiger partial charge in [-0.25, -0.2) is 8.42 Å². The molecule has 0 saturated carbocycles. The molecule has 1 saturated heterocycles. The lowest BCUT2D eigenvalue weighted by atomic mass is 10.2. The van der Waals surface area contributed by atoms with Gasteiger partial charge >= 0.3 is 5.97 Å². The van der Waals surface area contributed by atoms with Gasteiger partial charge in [-0.2, -0.15) is 4.31 Å². The van der Waals surface area contributed by atoms with Gasteiger partial charge in [0.05, 0.1) is 17.5 Å². The zero-order valence-electron chi connectivity index (χ0n) is 11.2. The van der Waals surface area contributed by atoms with Gasteiger partial charge in [-0.05, 0) is 32.9 Å². The molecular formula is C13H17NO4S. The standard InChI is InChI=1S/C13H17NO4S/c1-4-18-13(15)12-10(3)14(12)19(16,17)11-7-5-9(2)6-8-11/h5-8,10,12H,4H2,1-3H3/t10-,12-,14?/m0/s1. The van der Waals surface area contributed by atoms with E-state index in [1.807, 2.05) is 6.92 Å². The Labute approximate surface area is 113 Å². The van der Waals surface area contributed by atoms with E-state index in [4.69, 9.17) is 4.74 Å². The molecule has 1 fully saturated rings. The van der Waals surface area contributed by atoms with Crippen molar-refractivity contribution in [2.75, 3.05) is 6.61 Å². The van der Waals surface area contributed by atoms with Crippen LogP contribution in [0.3, 0.4) is 0 Å². The molecule has 1 heterocycles. The van der Waals surface area contributed by atoms with Gasteiger partial charge in [0.25, 0.3) is 0 Å². The second-order valence-electron chi connectivity index (χ2n) is 4.59. The van der Waals surface area contributed by atoms with E-state index < -0.39 is 22.0 Å². The maximum Gasteiger partial charge on any atom is 0.326 e. The van der Waals surface area contributed by atoms with Gasteiger partial charge in [-0.15, -0.1) is 0 Å². The molecule has 1 aromatic rings. The highest BCUT2D eigenvalue weighted by Gasteiger charge is 2.57. The molecular weight excluding hydrogens is 266 g/mol. The minimum atomic E-state index is -3.61. The quantitative estimate of drug-likeness (QED) is 0.617. The molecule has 1 aliphatic heterocycles. The third-order valence-electron chi connectivity index (χ3n) is 3.17. The number of aryl methyl sites for hydroxylation is 1. The molecule has 0 amide bonds.